The Morgan fingerprint density at radius 2 is 1.93 bits per heavy atom. The Balaban J connectivity index is 2.24. The van der Waals surface area contributed by atoms with Crippen LogP contribution < -0.4 is 15.8 Å². The predicted molar refractivity (Wildman–Crippen MR) is 115 cm³/mol. The van der Waals surface area contributed by atoms with Crippen LogP contribution in [0.2, 0.25) is 0 Å². The summed E-state index contributed by atoms with van der Waals surface area (Å²) >= 11 is 0. The SMILES string of the molecule is Cc1nc2cccc(OCC(C)(C)C(=O)NCC(C)(C)CN=O)c2c(N)c1C(=O)O. The molecule has 0 radical (unpaired) electrons. The average molecular weight is 416 g/mol. The highest BCUT2D eigenvalue weighted by atomic mass is 16.5. The summed E-state index contributed by atoms with van der Waals surface area (Å²) in [5.74, 6) is -1.05. The Labute approximate surface area is 175 Å². The smallest absolute Gasteiger partial charge is 0.339 e. The Bertz CT molecular complexity index is 985. The molecule has 1 amide bonds. The number of carbonyl (C=O) groups excluding carboxylic acids is 1. The summed E-state index contributed by atoms with van der Waals surface area (Å²) in [5, 5.41) is 15.6. The number of aryl methyl sites for hydroxylation is 1. The van der Waals surface area contributed by atoms with Gasteiger partial charge in [0.2, 0.25) is 5.91 Å². The van der Waals surface area contributed by atoms with Gasteiger partial charge in [0.1, 0.15) is 17.9 Å². The Hall–Kier alpha value is -3.23. The Morgan fingerprint density at radius 3 is 2.53 bits per heavy atom. The molecular formula is C21H28N4O5. The maximum absolute atomic E-state index is 12.6. The molecule has 1 aromatic carbocycles. The first-order valence-electron chi connectivity index (χ1n) is 9.52. The molecule has 2 rings (SSSR count). The van der Waals surface area contributed by atoms with E-state index in [0.29, 0.717) is 28.9 Å². The maximum Gasteiger partial charge on any atom is 0.339 e. The molecule has 0 saturated heterocycles. The molecule has 9 nitrogen and oxygen atoms in total. The molecule has 0 atom stereocenters. The number of carboxylic acid groups (broad SMARTS) is 1. The number of aromatic nitrogens is 1. The topological polar surface area (TPSA) is 144 Å². The van der Waals surface area contributed by atoms with Gasteiger partial charge in [0.25, 0.3) is 0 Å². The fraction of sp³-hybridized carbons (Fsp3) is 0.476. The van der Waals surface area contributed by atoms with E-state index in [1.807, 2.05) is 13.8 Å². The number of hydrogen-bond donors (Lipinski definition) is 3. The number of nitrogens with zero attached hydrogens (tertiary/aromatic N) is 2. The van der Waals surface area contributed by atoms with Gasteiger partial charge in [0, 0.05) is 12.0 Å². The van der Waals surface area contributed by atoms with Gasteiger partial charge in [-0.05, 0) is 32.9 Å². The lowest BCUT2D eigenvalue weighted by Crippen LogP contribution is -2.44. The van der Waals surface area contributed by atoms with Gasteiger partial charge < -0.3 is 20.9 Å². The summed E-state index contributed by atoms with van der Waals surface area (Å²) in [6.07, 6.45) is 0. The minimum atomic E-state index is -1.17. The highest BCUT2D eigenvalue weighted by molar-refractivity contribution is 6.06. The van der Waals surface area contributed by atoms with Crippen LogP contribution in [0.4, 0.5) is 5.69 Å². The molecule has 0 aliphatic carbocycles. The quantitative estimate of drug-likeness (QED) is 0.533. The number of nitrogens with two attached hydrogens (primary N) is 1. The molecule has 1 aromatic heterocycles. The number of nitrogen functional groups attached to an aromatic ring is 1. The molecule has 162 valence electrons. The van der Waals surface area contributed by atoms with E-state index < -0.39 is 16.8 Å². The molecule has 0 unspecified atom stereocenters. The number of aromatic carboxylic acids is 1. The summed E-state index contributed by atoms with van der Waals surface area (Å²) in [6, 6.07) is 5.11. The van der Waals surface area contributed by atoms with Gasteiger partial charge in [-0.3, -0.25) is 9.78 Å². The molecule has 0 aliphatic rings. The Morgan fingerprint density at radius 1 is 1.27 bits per heavy atom. The fourth-order valence-electron chi connectivity index (χ4n) is 2.94. The van der Waals surface area contributed by atoms with Crippen LogP contribution >= 0.6 is 0 Å². The Kier molecular flexibility index (Phi) is 6.64. The van der Waals surface area contributed by atoms with E-state index in [-0.39, 0.29) is 30.3 Å². The third-order valence-electron chi connectivity index (χ3n) is 4.83. The molecule has 9 heteroatoms. The number of nitroso groups, excluding NO2 is 1. The number of rotatable bonds is 9. The van der Waals surface area contributed by atoms with Crippen molar-refractivity contribution in [3.05, 3.63) is 34.4 Å². The number of pyridine rings is 1. The number of anilines is 1. The fourth-order valence-corrected chi connectivity index (χ4v) is 2.94. The molecule has 0 aliphatic heterocycles. The van der Waals surface area contributed by atoms with Gasteiger partial charge in [0.15, 0.2) is 0 Å². The predicted octanol–water partition coefficient (Wildman–Crippen LogP) is 3.14. The first-order valence-corrected chi connectivity index (χ1v) is 9.52. The lowest BCUT2D eigenvalue weighted by atomic mass is 9.90. The molecule has 1 heterocycles. The highest BCUT2D eigenvalue weighted by Crippen LogP contribution is 2.34. The molecule has 30 heavy (non-hydrogen) atoms. The van der Waals surface area contributed by atoms with Crippen LogP contribution in [-0.2, 0) is 4.79 Å². The zero-order chi connectivity index (χ0) is 22.7. The second-order valence-corrected chi connectivity index (χ2v) is 8.75. The van der Waals surface area contributed by atoms with Crippen molar-refractivity contribution < 1.29 is 19.4 Å². The number of carboxylic acids is 1. The molecule has 0 fully saturated rings. The zero-order valence-electron chi connectivity index (χ0n) is 17.9. The van der Waals surface area contributed by atoms with Crippen LogP contribution in [0.15, 0.2) is 23.4 Å². The normalized spacial score (nSPS) is 11.9. The molecule has 0 saturated carbocycles. The molecular weight excluding hydrogens is 388 g/mol. The van der Waals surface area contributed by atoms with Crippen molar-refractivity contribution in [2.45, 2.75) is 34.6 Å². The van der Waals surface area contributed by atoms with Crippen molar-refractivity contribution >= 4 is 28.5 Å². The van der Waals surface area contributed by atoms with Crippen molar-refractivity contribution in [3.63, 3.8) is 0 Å². The van der Waals surface area contributed by atoms with Crippen LogP contribution in [0.5, 0.6) is 5.75 Å². The summed E-state index contributed by atoms with van der Waals surface area (Å²) in [7, 11) is 0. The van der Waals surface area contributed by atoms with Gasteiger partial charge in [-0.15, -0.1) is 0 Å². The van der Waals surface area contributed by atoms with Crippen molar-refractivity contribution in [2.24, 2.45) is 16.0 Å². The summed E-state index contributed by atoms with van der Waals surface area (Å²) in [6.45, 7) is 9.14. The number of amides is 1. The third kappa shape index (κ3) is 5.03. The number of benzene rings is 1. The van der Waals surface area contributed by atoms with Crippen molar-refractivity contribution in [1.82, 2.24) is 10.3 Å². The van der Waals surface area contributed by atoms with Gasteiger partial charge in [0.05, 0.1) is 34.2 Å². The van der Waals surface area contributed by atoms with E-state index in [2.05, 4.69) is 15.5 Å². The lowest BCUT2D eigenvalue weighted by Gasteiger charge is -2.27. The summed E-state index contributed by atoms with van der Waals surface area (Å²) in [5.41, 5.74) is 5.62. The van der Waals surface area contributed by atoms with E-state index in [1.54, 1.807) is 39.0 Å². The van der Waals surface area contributed by atoms with Crippen LogP contribution in [0.25, 0.3) is 10.9 Å². The van der Waals surface area contributed by atoms with E-state index >= 15 is 0 Å². The number of ether oxygens (including phenoxy) is 1. The van der Waals surface area contributed by atoms with E-state index in [0.717, 1.165) is 0 Å². The van der Waals surface area contributed by atoms with Gasteiger partial charge in [-0.2, -0.15) is 4.91 Å². The maximum atomic E-state index is 12.6. The van der Waals surface area contributed by atoms with Crippen molar-refractivity contribution in [3.8, 4) is 5.75 Å². The lowest BCUT2D eigenvalue weighted by molar-refractivity contribution is -0.131. The standard InChI is InChI=1S/C21H28N4O5/c1-12-15(18(26)27)17(22)16-13(25-12)7-6-8-14(16)30-11-21(4,5)19(28)23-9-20(2,3)10-24-29/h6-8H,9-11H2,1-5H3,(H2,22,25)(H,23,28)(H,26,27). The second kappa shape index (κ2) is 8.64. The minimum Gasteiger partial charge on any atom is -0.492 e. The average Bonchev–Trinajstić information content (AvgIpc) is 2.63. The van der Waals surface area contributed by atoms with E-state index in [9.17, 15) is 19.6 Å². The molecule has 2 aromatic rings. The van der Waals surface area contributed by atoms with Crippen LogP contribution in [0, 0.1) is 22.7 Å². The van der Waals surface area contributed by atoms with Crippen LogP contribution in [0.3, 0.4) is 0 Å². The van der Waals surface area contributed by atoms with E-state index in [1.165, 1.54) is 0 Å². The van der Waals surface area contributed by atoms with Crippen LogP contribution in [-0.4, -0.2) is 41.7 Å². The second-order valence-electron chi connectivity index (χ2n) is 8.75. The third-order valence-corrected chi connectivity index (χ3v) is 4.83. The first-order chi connectivity index (χ1) is 13.9. The molecule has 0 bridgehead atoms. The van der Waals surface area contributed by atoms with Gasteiger partial charge in [-0.25, -0.2) is 4.79 Å². The van der Waals surface area contributed by atoms with Crippen molar-refractivity contribution in [2.75, 3.05) is 25.4 Å². The van der Waals surface area contributed by atoms with Crippen LogP contribution in [0.1, 0.15) is 43.7 Å². The number of nitrogens with one attached hydrogen (secondary N) is 1. The monoisotopic (exact) mass is 416 g/mol. The van der Waals surface area contributed by atoms with Crippen molar-refractivity contribution in [1.29, 1.82) is 0 Å². The molecule has 0 spiro atoms. The van der Waals surface area contributed by atoms with E-state index in [4.69, 9.17) is 10.5 Å². The number of carbonyl (C=O) groups is 2. The van der Waals surface area contributed by atoms with Gasteiger partial charge in [-0.1, -0.05) is 25.1 Å². The largest absolute Gasteiger partial charge is 0.492 e. The first kappa shape index (κ1) is 23.1. The summed E-state index contributed by atoms with van der Waals surface area (Å²) in [4.78, 5) is 39.0. The number of fused-ring (bicyclic) bond motifs is 1. The molecule has 4 N–H and O–H groups in total. The number of hydrogen-bond acceptors (Lipinski definition) is 7. The highest BCUT2D eigenvalue weighted by Gasteiger charge is 2.31. The minimum absolute atomic E-state index is 0.0278. The van der Waals surface area contributed by atoms with Gasteiger partial charge >= 0.3 is 5.97 Å². The zero-order valence-corrected chi connectivity index (χ0v) is 17.9. The summed E-state index contributed by atoms with van der Waals surface area (Å²) < 4.78 is 5.90.